The minimum Gasteiger partial charge on any atom is -0.310 e. The Morgan fingerprint density at radius 3 is 2.40 bits per heavy atom. The second kappa shape index (κ2) is 5.60. The van der Waals surface area contributed by atoms with Gasteiger partial charge in [-0.05, 0) is 31.5 Å². The third-order valence-electron chi connectivity index (χ3n) is 2.49. The van der Waals surface area contributed by atoms with Crippen molar-refractivity contribution in [2.24, 2.45) is 0 Å². The summed E-state index contributed by atoms with van der Waals surface area (Å²) < 4.78 is 0. The second-order valence-electron chi connectivity index (χ2n) is 3.41. The first-order valence-corrected chi connectivity index (χ1v) is 5.70. The molecular formula is C10H11Cl4N. The summed E-state index contributed by atoms with van der Waals surface area (Å²) in [5.41, 5.74) is 0.943. The predicted octanol–water partition coefficient (Wildman–Crippen LogP) is 4.49. The van der Waals surface area contributed by atoms with E-state index in [1.807, 2.05) is 0 Å². The molecule has 0 radical (unpaired) electrons. The van der Waals surface area contributed by atoms with E-state index in [1.165, 1.54) is 0 Å². The number of nitrogens with one attached hydrogen (secondary N) is 1. The lowest BCUT2D eigenvalue weighted by Gasteiger charge is -2.15. The summed E-state index contributed by atoms with van der Waals surface area (Å²) in [6, 6.07) is 3.78. The fourth-order valence-corrected chi connectivity index (χ4v) is 2.59. The van der Waals surface area contributed by atoms with E-state index in [1.54, 1.807) is 12.1 Å². The Morgan fingerprint density at radius 1 is 1.13 bits per heavy atom. The Morgan fingerprint density at radius 2 is 1.80 bits per heavy atom. The molecule has 0 bridgehead atoms. The largest absolute Gasteiger partial charge is 0.310 e. The van der Waals surface area contributed by atoms with Crippen molar-refractivity contribution in [1.29, 1.82) is 0 Å². The molecule has 0 saturated carbocycles. The number of hydrogen-bond donors (Lipinski definition) is 1. The minimum atomic E-state index is 0. The van der Waals surface area contributed by atoms with E-state index in [0.717, 1.165) is 24.9 Å². The third-order valence-corrected chi connectivity index (χ3v) is 3.64. The van der Waals surface area contributed by atoms with Gasteiger partial charge < -0.3 is 5.32 Å². The number of hydrogen-bond acceptors (Lipinski definition) is 1. The van der Waals surface area contributed by atoms with Crippen LogP contribution in [-0.4, -0.2) is 6.54 Å². The zero-order valence-corrected chi connectivity index (χ0v) is 11.0. The highest BCUT2D eigenvalue weighted by Crippen LogP contribution is 2.38. The lowest BCUT2D eigenvalue weighted by Crippen LogP contribution is -2.13. The van der Waals surface area contributed by atoms with Gasteiger partial charge in [0.2, 0.25) is 0 Å². The average molecular weight is 287 g/mol. The summed E-state index contributed by atoms with van der Waals surface area (Å²) in [6.07, 6.45) is 2.23. The Hall–Kier alpha value is 0.340. The SMILES string of the molecule is Cl.Clc1ccc(Cl)c([C@H]2CCCN2)c1Cl. The standard InChI is InChI=1S/C10H10Cl3N.ClH/c11-6-3-4-7(12)10(13)9(6)8-2-1-5-14-8;/h3-4,8,14H,1-2,5H2;1H/t8-;/m1./s1. The Bertz CT molecular complexity index is 348. The zero-order chi connectivity index (χ0) is 10.1. The molecule has 1 aromatic carbocycles. The molecule has 1 atom stereocenters. The van der Waals surface area contributed by atoms with E-state index in [9.17, 15) is 0 Å². The smallest absolute Gasteiger partial charge is 0.0655 e. The van der Waals surface area contributed by atoms with Crippen LogP contribution >= 0.6 is 47.2 Å². The van der Waals surface area contributed by atoms with E-state index in [2.05, 4.69) is 5.32 Å². The van der Waals surface area contributed by atoms with Crippen LogP contribution in [0.3, 0.4) is 0 Å². The van der Waals surface area contributed by atoms with Gasteiger partial charge in [0.05, 0.1) is 10.0 Å². The number of rotatable bonds is 1. The Labute approximate surface area is 110 Å². The average Bonchev–Trinajstić information content (AvgIpc) is 2.65. The second-order valence-corrected chi connectivity index (χ2v) is 4.60. The van der Waals surface area contributed by atoms with Gasteiger partial charge in [0.1, 0.15) is 0 Å². The van der Waals surface area contributed by atoms with Crippen molar-refractivity contribution in [3.8, 4) is 0 Å². The van der Waals surface area contributed by atoms with Gasteiger partial charge in [-0.15, -0.1) is 12.4 Å². The van der Waals surface area contributed by atoms with E-state index in [-0.39, 0.29) is 18.4 Å². The van der Waals surface area contributed by atoms with Crippen LogP contribution in [0.2, 0.25) is 15.1 Å². The molecule has 5 heteroatoms. The van der Waals surface area contributed by atoms with Crippen molar-refractivity contribution in [2.75, 3.05) is 6.54 Å². The van der Waals surface area contributed by atoms with Gasteiger partial charge in [-0.25, -0.2) is 0 Å². The Kier molecular flexibility index (Phi) is 5.01. The topological polar surface area (TPSA) is 12.0 Å². The molecule has 1 nitrogen and oxygen atoms in total. The molecule has 1 aliphatic rings. The van der Waals surface area contributed by atoms with Crippen molar-refractivity contribution < 1.29 is 0 Å². The molecule has 1 aromatic rings. The molecule has 1 heterocycles. The normalized spacial score (nSPS) is 20.1. The van der Waals surface area contributed by atoms with Crippen LogP contribution in [0.4, 0.5) is 0 Å². The number of halogens is 4. The van der Waals surface area contributed by atoms with E-state index in [0.29, 0.717) is 15.1 Å². The van der Waals surface area contributed by atoms with Gasteiger partial charge in [0.15, 0.2) is 0 Å². The molecule has 0 unspecified atom stereocenters. The van der Waals surface area contributed by atoms with Gasteiger partial charge in [0.25, 0.3) is 0 Å². The van der Waals surface area contributed by atoms with Crippen LogP contribution < -0.4 is 5.32 Å². The highest BCUT2D eigenvalue weighted by Gasteiger charge is 2.22. The van der Waals surface area contributed by atoms with E-state index in [4.69, 9.17) is 34.8 Å². The van der Waals surface area contributed by atoms with Crippen LogP contribution in [0.5, 0.6) is 0 Å². The predicted molar refractivity (Wildman–Crippen MR) is 68.7 cm³/mol. The molecule has 1 N–H and O–H groups in total. The highest BCUT2D eigenvalue weighted by atomic mass is 35.5. The zero-order valence-electron chi connectivity index (χ0n) is 7.90. The van der Waals surface area contributed by atoms with Crippen molar-refractivity contribution >= 4 is 47.2 Å². The van der Waals surface area contributed by atoms with Gasteiger partial charge >= 0.3 is 0 Å². The first-order valence-electron chi connectivity index (χ1n) is 4.57. The lowest BCUT2D eigenvalue weighted by atomic mass is 10.1. The summed E-state index contributed by atoms with van der Waals surface area (Å²) >= 11 is 18.2. The molecule has 1 aliphatic heterocycles. The van der Waals surface area contributed by atoms with Gasteiger partial charge in [-0.3, -0.25) is 0 Å². The van der Waals surface area contributed by atoms with Crippen LogP contribution in [0.1, 0.15) is 24.4 Å². The van der Waals surface area contributed by atoms with Crippen molar-refractivity contribution in [1.82, 2.24) is 5.32 Å². The third kappa shape index (κ3) is 2.72. The van der Waals surface area contributed by atoms with Crippen LogP contribution in [0, 0.1) is 0 Å². The maximum Gasteiger partial charge on any atom is 0.0655 e. The van der Waals surface area contributed by atoms with Gasteiger partial charge in [0, 0.05) is 16.6 Å². The summed E-state index contributed by atoms with van der Waals surface area (Å²) in [4.78, 5) is 0. The molecule has 0 amide bonds. The fraction of sp³-hybridized carbons (Fsp3) is 0.400. The molecule has 0 aliphatic carbocycles. The number of benzene rings is 1. The molecule has 2 rings (SSSR count). The highest BCUT2D eigenvalue weighted by molar-refractivity contribution is 6.44. The van der Waals surface area contributed by atoms with Crippen molar-refractivity contribution in [2.45, 2.75) is 18.9 Å². The summed E-state index contributed by atoms with van der Waals surface area (Å²) in [7, 11) is 0. The van der Waals surface area contributed by atoms with E-state index < -0.39 is 0 Å². The maximum atomic E-state index is 6.12. The first-order chi connectivity index (χ1) is 6.70. The van der Waals surface area contributed by atoms with Crippen LogP contribution in [0.25, 0.3) is 0 Å². The fourth-order valence-electron chi connectivity index (χ4n) is 1.79. The van der Waals surface area contributed by atoms with Crippen LogP contribution in [0.15, 0.2) is 12.1 Å². The molecule has 1 fully saturated rings. The van der Waals surface area contributed by atoms with Crippen LogP contribution in [-0.2, 0) is 0 Å². The minimum absolute atomic E-state index is 0. The summed E-state index contributed by atoms with van der Waals surface area (Å²) in [5.74, 6) is 0. The maximum absolute atomic E-state index is 6.12. The molecule has 84 valence electrons. The van der Waals surface area contributed by atoms with Gasteiger partial charge in [-0.2, -0.15) is 0 Å². The summed E-state index contributed by atoms with van der Waals surface area (Å²) in [5, 5.41) is 5.20. The van der Waals surface area contributed by atoms with E-state index >= 15 is 0 Å². The lowest BCUT2D eigenvalue weighted by molar-refractivity contribution is 0.648. The summed E-state index contributed by atoms with van der Waals surface area (Å²) in [6.45, 7) is 1.02. The first kappa shape index (κ1) is 13.4. The molecule has 15 heavy (non-hydrogen) atoms. The quantitative estimate of drug-likeness (QED) is 0.750. The van der Waals surface area contributed by atoms with Crippen molar-refractivity contribution in [3.63, 3.8) is 0 Å². The van der Waals surface area contributed by atoms with Crippen molar-refractivity contribution in [3.05, 3.63) is 32.8 Å². The molecule has 1 saturated heterocycles. The Balaban J connectivity index is 0.00000112. The molecule has 0 spiro atoms. The monoisotopic (exact) mass is 285 g/mol. The molecular weight excluding hydrogens is 276 g/mol. The van der Waals surface area contributed by atoms with Gasteiger partial charge in [-0.1, -0.05) is 34.8 Å². The molecule has 0 aromatic heterocycles.